The molecule has 0 aromatic heterocycles. The van der Waals surface area contributed by atoms with E-state index in [1.165, 1.54) is 6.92 Å². The molecule has 0 aliphatic heterocycles. The summed E-state index contributed by atoms with van der Waals surface area (Å²) in [6.45, 7) is 5.79. The zero-order valence-electron chi connectivity index (χ0n) is 15.9. The van der Waals surface area contributed by atoms with Crippen LogP contribution in [0.15, 0.2) is 0 Å². The van der Waals surface area contributed by atoms with Crippen LogP contribution < -0.4 is 0 Å². The third-order valence-electron chi connectivity index (χ3n) is 8.96. The molecule has 0 amide bonds. The fraction of sp³-hybridized carbons (Fsp3) is 0.952. The number of hydrogen-bond donors (Lipinski definition) is 1. The van der Waals surface area contributed by atoms with E-state index in [0.29, 0.717) is 35.5 Å². The molecule has 1 N–H and O–H groups in total. The molecule has 4 aliphatic carbocycles. The number of ether oxygens (including phenoxy) is 1. The fourth-order valence-electron chi connectivity index (χ4n) is 7.57. The van der Waals surface area contributed by atoms with Crippen LogP contribution in [-0.2, 0) is 9.53 Å². The Labute approximate surface area is 150 Å². The first kappa shape index (κ1) is 17.8. The predicted octanol–water partition coefficient (Wildman–Crippen LogP) is 4.62. The van der Waals surface area contributed by atoms with Crippen molar-refractivity contribution in [2.75, 3.05) is 0 Å². The van der Waals surface area contributed by atoms with E-state index in [-0.39, 0.29) is 6.10 Å². The lowest BCUT2D eigenvalue weighted by Gasteiger charge is -2.61. The summed E-state index contributed by atoms with van der Waals surface area (Å²) in [5, 5.41) is 10.1. The topological polar surface area (TPSA) is 46.5 Å². The Bertz CT molecular complexity index is 565. The standard InChI is InChI=1S/C21H33FO3/c1-13(23)25-21(22)11-8-18-16-5-4-14-12-15(24)6-9-19(14,2)17(16)7-10-20(18,21)3/h14-18,24H,4-12H2,1-3H3/t14?,15?,16-,17-,18+,19+,20+,21?/m1/s1. The molecule has 4 aliphatic rings. The highest BCUT2D eigenvalue weighted by Gasteiger charge is 2.67. The van der Waals surface area contributed by atoms with Crippen LogP contribution in [0, 0.1) is 34.5 Å². The maximum Gasteiger partial charge on any atom is 0.305 e. The van der Waals surface area contributed by atoms with Crippen molar-refractivity contribution in [1.82, 2.24) is 0 Å². The van der Waals surface area contributed by atoms with Crippen LogP contribution >= 0.6 is 0 Å². The summed E-state index contributed by atoms with van der Waals surface area (Å²) in [6, 6.07) is 0. The SMILES string of the molecule is CC(=O)OC1(F)CC[C@H]2[C@@H]3CCC4CC(O)CC[C@]4(C)[C@@H]3CC[C@@]21C. The van der Waals surface area contributed by atoms with Crippen LogP contribution in [0.1, 0.15) is 78.6 Å². The normalized spacial score (nSPS) is 55.0. The highest BCUT2D eigenvalue weighted by molar-refractivity contribution is 5.66. The second kappa shape index (κ2) is 5.68. The first-order valence-electron chi connectivity index (χ1n) is 10.3. The van der Waals surface area contributed by atoms with Crippen molar-refractivity contribution in [2.45, 2.75) is 90.5 Å². The number of carbonyl (C=O) groups is 1. The minimum atomic E-state index is -1.78. The van der Waals surface area contributed by atoms with Crippen molar-refractivity contribution >= 4 is 5.97 Å². The predicted molar refractivity (Wildman–Crippen MR) is 93.3 cm³/mol. The molecular formula is C21H33FO3. The van der Waals surface area contributed by atoms with Gasteiger partial charge in [0, 0.05) is 18.8 Å². The molecular weight excluding hydrogens is 319 g/mol. The van der Waals surface area contributed by atoms with Crippen molar-refractivity contribution in [3.8, 4) is 0 Å². The van der Waals surface area contributed by atoms with Crippen molar-refractivity contribution in [3.63, 3.8) is 0 Å². The summed E-state index contributed by atoms with van der Waals surface area (Å²) in [5.74, 6) is -0.162. The number of rotatable bonds is 1. The van der Waals surface area contributed by atoms with Crippen LogP contribution in [0.5, 0.6) is 0 Å². The molecule has 25 heavy (non-hydrogen) atoms. The van der Waals surface area contributed by atoms with Gasteiger partial charge in [0.25, 0.3) is 5.85 Å². The minimum Gasteiger partial charge on any atom is -0.428 e. The van der Waals surface area contributed by atoms with Gasteiger partial charge in [-0.3, -0.25) is 4.79 Å². The minimum absolute atomic E-state index is 0.127. The van der Waals surface area contributed by atoms with Crippen LogP contribution in [0.4, 0.5) is 4.39 Å². The van der Waals surface area contributed by atoms with E-state index in [1.54, 1.807) is 0 Å². The molecule has 3 nitrogen and oxygen atoms in total. The molecule has 0 heterocycles. The fourth-order valence-corrected chi connectivity index (χ4v) is 7.57. The molecule has 0 radical (unpaired) electrons. The van der Waals surface area contributed by atoms with Gasteiger partial charge < -0.3 is 9.84 Å². The highest BCUT2D eigenvalue weighted by atomic mass is 19.2. The molecule has 4 fully saturated rings. The Balaban J connectivity index is 1.61. The van der Waals surface area contributed by atoms with Crippen molar-refractivity contribution in [2.24, 2.45) is 34.5 Å². The molecule has 8 atom stereocenters. The molecule has 4 rings (SSSR count). The van der Waals surface area contributed by atoms with Gasteiger partial charge in [-0.2, -0.15) is 4.39 Å². The third-order valence-corrected chi connectivity index (χ3v) is 8.96. The second-order valence-electron chi connectivity index (χ2n) is 9.90. The van der Waals surface area contributed by atoms with E-state index < -0.39 is 17.2 Å². The van der Waals surface area contributed by atoms with Crippen molar-refractivity contribution in [3.05, 3.63) is 0 Å². The van der Waals surface area contributed by atoms with Crippen molar-refractivity contribution < 1.29 is 19.0 Å². The molecule has 3 unspecified atom stereocenters. The number of alkyl halides is 1. The highest BCUT2D eigenvalue weighted by Crippen LogP contribution is 2.69. The van der Waals surface area contributed by atoms with Gasteiger partial charge in [-0.05, 0) is 80.5 Å². The Hall–Kier alpha value is -0.640. The molecule has 4 heteroatoms. The average Bonchev–Trinajstić information content (AvgIpc) is 2.79. The average molecular weight is 352 g/mol. The van der Waals surface area contributed by atoms with Crippen LogP contribution in [0.2, 0.25) is 0 Å². The van der Waals surface area contributed by atoms with Gasteiger partial charge in [-0.25, -0.2) is 0 Å². The molecule has 0 spiro atoms. The lowest BCUT2D eigenvalue weighted by molar-refractivity contribution is -0.231. The quantitative estimate of drug-likeness (QED) is 0.701. The largest absolute Gasteiger partial charge is 0.428 e. The van der Waals surface area contributed by atoms with E-state index >= 15 is 4.39 Å². The van der Waals surface area contributed by atoms with Gasteiger partial charge in [-0.1, -0.05) is 13.8 Å². The summed E-state index contributed by atoms with van der Waals surface area (Å²) >= 11 is 0. The summed E-state index contributed by atoms with van der Waals surface area (Å²) in [5.41, 5.74) is -0.232. The number of aliphatic hydroxyl groups excluding tert-OH is 1. The van der Waals surface area contributed by atoms with Crippen molar-refractivity contribution in [1.29, 1.82) is 0 Å². The lowest BCUT2D eigenvalue weighted by Crippen LogP contribution is -2.56. The van der Waals surface area contributed by atoms with E-state index in [4.69, 9.17) is 4.74 Å². The second-order valence-corrected chi connectivity index (χ2v) is 9.90. The van der Waals surface area contributed by atoms with Gasteiger partial charge in [0.15, 0.2) is 0 Å². The summed E-state index contributed by atoms with van der Waals surface area (Å²) in [6.07, 6.45) is 8.19. The Morgan fingerprint density at radius 1 is 1.04 bits per heavy atom. The number of esters is 1. The maximum absolute atomic E-state index is 15.6. The number of hydrogen-bond acceptors (Lipinski definition) is 3. The number of halogens is 1. The van der Waals surface area contributed by atoms with E-state index in [9.17, 15) is 9.90 Å². The smallest absolute Gasteiger partial charge is 0.305 e. The van der Waals surface area contributed by atoms with Gasteiger partial charge in [0.1, 0.15) is 0 Å². The van der Waals surface area contributed by atoms with Gasteiger partial charge in [0.05, 0.1) is 6.10 Å². The first-order valence-corrected chi connectivity index (χ1v) is 10.3. The van der Waals surface area contributed by atoms with Crippen LogP contribution in [-0.4, -0.2) is 23.0 Å². The third kappa shape index (κ3) is 2.42. The molecule has 142 valence electrons. The first-order chi connectivity index (χ1) is 11.7. The van der Waals surface area contributed by atoms with E-state index in [1.807, 2.05) is 6.92 Å². The molecule has 0 aromatic carbocycles. The molecule has 4 saturated carbocycles. The summed E-state index contributed by atoms with van der Waals surface area (Å²) < 4.78 is 20.9. The lowest BCUT2D eigenvalue weighted by atomic mass is 9.45. The van der Waals surface area contributed by atoms with Gasteiger partial charge in [-0.15, -0.1) is 0 Å². The van der Waals surface area contributed by atoms with Gasteiger partial charge in [0.2, 0.25) is 0 Å². The Morgan fingerprint density at radius 2 is 1.76 bits per heavy atom. The number of fused-ring (bicyclic) bond motifs is 5. The molecule has 0 aromatic rings. The summed E-state index contributed by atoms with van der Waals surface area (Å²) in [7, 11) is 0. The van der Waals surface area contributed by atoms with E-state index in [2.05, 4.69) is 6.92 Å². The molecule has 0 bridgehead atoms. The summed E-state index contributed by atoms with van der Waals surface area (Å²) in [4.78, 5) is 11.5. The van der Waals surface area contributed by atoms with Gasteiger partial charge >= 0.3 is 5.97 Å². The Kier molecular flexibility index (Phi) is 4.03. The van der Waals surface area contributed by atoms with Crippen LogP contribution in [0.25, 0.3) is 0 Å². The Morgan fingerprint density at radius 3 is 2.48 bits per heavy atom. The van der Waals surface area contributed by atoms with Crippen LogP contribution in [0.3, 0.4) is 0 Å². The zero-order valence-corrected chi connectivity index (χ0v) is 15.9. The number of carbonyl (C=O) groups excluding carboxylic acids is 1. The zero-order chi connectivity index (χ0) is 18.0. The maximum atomic E-state index is 15.6. The molecule has 0 saturated heterocycles. The monoisotopic (exact) mass is 352 g/mol. The number of aliphatic hydroxyl groups is 1. The van der Waals surface area contributed by atoms with E-state index in [0.717, 1.165) is 51.4 Å².